The molecule has 7 rings (SSSR count). The molecule has 1 N–H and O–H groups in total. The number of ether oxygens (including phenoxy) is 1. The fraction of sp³-hybridized carbons (Fsp3) is 0.222. The lowest BCUT2D eigenvalue weighted by Crippen LogP contribution is -2.39. The number of aromatic nitrogens is 6. The molecule has 54 heavy (non-hydrogen) atoms. The summed E-state index contributed by atoms with van der Waals surface area (Å²) in [4.78, 5) is 18.0. The number of carbonyl (C=O) groups excluding carboxylic acids is 1. The Balaban J connectivity index is 1.23. The first kappa shape index (κ1) is 36.2. The zero-order chi connectivity index (χ0) is 37.5. The maximum Gasteiger partial charge on any atom is 0.359 e. The molecule has 0 aliphatic rings. The summed E-state index contributed by atoms with van der Waals surface area (Å²) < 4.78 is 9.65. The highest BCUT2D eigenvalue weighted by molar-refractivity contribution is 5.89. The molecule has 9 nitrogen and oxygen atoms in total. The number of aliphatic hydroxyl groups excluding tert-OH is 1. The van der Waals surface area contributed by atoms with Crippen LogP contribution in [0.1, 0.15) is 84.0 Å². The van der Waals surface area contributed by atoms with Gasteiger partial charge >= 0.3 is 5.97 Å². The van der Waals surface area contributed by atoms with Gasteiger partial charge in [0.25, 0.3) is 0 Å². The molecular weight excluding hydrogens is 673 g/mol. The number of tetrazole rings is 1. The maximum atomic E-state index is 13.4. The minimum absolute atomic E-state index is 0.0648. The van der Waals surface area contributed by atoms with Gasteiger partial charge in [-0.05, 0) is 64.1 Å². The highest BCUT2D eigenvalue weighted by atomic mass is 16.5. The zero-order valence-corrected chi connectivity index (χ0v) is 30.8. The second-order valence-corrected chi connectivity index (χ2v) is 13.3. The van der Waals surface area contributed by atoms with Gasteiger partial charge in [-0.15, -0.1) is 5.10 Å². The molecule has 0 aliphatic heterocycles. The summed E-state index contributed by atoms with van der Waals surface area (Å²) in [5.74, 6) is 0.861. The van der Waals surface area contributed by atoms with Crippen molar-refractivity contribution in [3.05, 3.63) is 179 Å². The third-order valence-electron chi connectivity index (χ3n) is 9.91. The predicted molar refractivity (Wildman–Crippen MR) is 210 cm³/mol. The molecule has 1 unspecified atom stereocenters. The number of carbonyl (C=O) groups is 1. The number of rotatable bonds is 14. The lowest BCUT2D eigenvalue weighted by atomic mass is 9.77. The smallest absolute Gasteiger partial charge is 0.359 e. The second kappa shape index (κ2) is 16.2. The van der Waals surface area contributed by atoms with Crippen molar-refractivity contribution in [2.45, 2.75) is 64.8 Å². The van der Waals surface area contributed by atoms with Crippen molar-refractivity contribution in [1.29, 1.82) is 0 Å². The summed E-state index contributed by atoms with van der Waals surface area (Å²) in [5.41, 5.74) is 6.45. The minimum Gasteiger partial charge on any atom is -0.456 e. The third-order valence-corrected chi connectivity index (χ3v) is 9.91. The Kier molecular flexibility index (Phi) is 10.9. The van der Waals surface area contributed by atoms with Crippen molar-refractivity contribution in [1.82, 2.24) is 29.8 Å². The molecule has 0 fully saturated rings. The zero-order valence-electron chi connectivity index (χ0n) is 30.8. The number of aliphatic hydroxyl groups is 1. The normalized spacial score (nSPS) is 12.1. The van der Waals surface area contributed by atoms with Gasteiger partial charge in [-0.3, -0.25) is 0 Å². The van der Waals surface area contributed by atoms with Crippen LogP contribution in [0.15, 0.2) is 140 Å². The number of nitrogens with zero attached hydrogens (tertiary/aromatic N) is 6. The number of benzene rings is 5. The first-order chi connectivity index (χ1) is 26.5. The molecule has 0 radical (unpaired) electrons. The Morgan fingerprint density at radius 1 is 0.759 bits per heavy atom. The van der Waals surface area contributed by atoms with E-state index in [9.17, 15) is 9.90 Å². The highest BCUT2D eigenvalue weighted by Crippen LogP contribution is 2.43. The SMILES string of the molecule is CCCCc1nc(C(=O)OCc2ccc(-c3ccccc3-c3nnnn3C(c3ccccc3)(c3ccccc3)c3ccccc3)cc2)c(C(C)O)n1CC. The molecule has 0 amide bonds. The fourth-order valence-electron chi connectivity index (χ4n) is 7.38. The summed E-state index contributed by atoms with van der Waals surface area (Å²) >= 11 is 0. The Hall–Kier alpha value is -6.19. The van der Waals surface area contributed by atoms with Crippen LogP contribution in [0.5, 0.6) is 0 Å². The molecule has 7 aromatic rings. The Bertz CT molecular complexity index is 2200. The largest absolute Gasteiger partial charge is 0.456 e. The number of imidazole rings is 1. The molecule has 1 atom stereocenters. The monoisotopic (exact) mass is 716 g/mol. The average Bonchev–Trinajstić information content (AvgIpc) is 3.87. The number of aryl methyl sites for hydroxylation is 1. The van der Waals surface area contributed by atoms with E-state index in [2.05, 4.69) is 64.7 Å². The van der Waals surface area contributed by atoms with E-state index in [0.29, 0.717) is 18.1 Å². The summed E-state index contributed by atoms with van der Waals surface area (Å²) in [5, 5.41) is 24.3. The van der Waals surface area contributed by atoms with Crippen molar-refractivity contribution in [2.75, 3.05) is 0 Å². The summed E-state index contributed by atoms with van der Waals surface area (Å²) in [7, 11) is 0. The van der Waals surface area contributed by atoms with Gasteiger partial charge in [0.2, 0.25) is 0 Å². The van der Waals surface area contributed by atoms with E-state index in [-0.39, 0.29) is 12.3 Å². The van der Waals surface area contributed by atoms with E-state index < -0.39 is 17.6 Å². The topological polar surface area (TPSA) is 108 Å². The first-order valence-electron chi connectivity index (χ1n) is 18.6. The lowest BCUT2D eigenvalue weighted by Gasteiger charge is -2.36. The van der Waals surface area contributed by atoms with Crippen molar-refractivity contribution < 1.29 is 14.6 Å². The summed E-state index contributed by atoms with van der Waals surface area (Å²) in [6, 6.07) is 47.1. The molecule has 2 aromatic heterocycles. The highest BCUT2D eigenvalue weighted by Gasteiger charge is 2.42. The maximum absolute atomic E-state index is 13.4. The second-order valence-electron chi connectivity index (χ2n) is 13.3. The van der Waals surface area contributed by atoms with Crippen LogP contribution in [0, 0.1) is 0 Å². The predicted octanol–water partition coefficient (Wildman–Crippen LogP) is 8.82. The van der Waals surface area contributed by atoms with Crippen molar-refractivity contribution in [3.8, 4) is 22.5 Å². The van der Waals surface area contributed by atoms with Crippen LogP contribution in [-0.4, -0.2) is 40.8 Å². The van der Waals surface area contributed by atoms with Crippen LogP contribution in [-0.2, 0) is 29.8 Å². The Morgan fingerprint density at radius 3 is 1.85 bits per heavy atom. The van der Waals surface area contributed by atoms with Gasteiger partial charge in [-0.2, -0.15) is 0 Å². The van der Waals surface area contributed by atoms with E-state index in [1.165, 1.54) is 0 Å². The van der Waals surface area contributed by atoms with Crippen LogP contribution in [0.3, 0.4) is 0 Å². The number of hydrogen-bond acceptors (Lipinski definition) is 7. The van der Waals surface area contributed by atoms with Gasteiger partial charge in [0.1, 0.15) is 18.0 Å². The molecule has 5 aromatic carbocycles. The van der Waals surface area contributed by atoms with Crippen molar-refractivity contribution in [3.63, 3.8) is 0 Å². The van der Waals surface area contributed by atoms with E-state index in [1.54, 1.807) is 6.92 Å². The van der Waals surface area contributed by atoms with Gasteiger partial charge in [0, 0.05) is 18.5 Å². The Labute approximate surface area is 315 Å². The molecule has 0 bridgehead atoms. The number of esters is 1. The molecule has 0 aliphatic carbocycles. The van der Waals surface area contributed by atoms with Gasteiger partial charge in [0.15, 0.2) is 11.5 Å². The molecule has 0 saturated carbocycles. The van der Waals surface area contributed by atoms with Crippen LogP contribution in [0.2, 0.25) is 0 Å². The van der Waals surface area contributed by atoms with Gasteiger partial charge in [-0.1, -0.05) is 153 Å². The summed E-state index contributed by atoms with van der Waals surface area (Å²) in [6.45, 7) is 6.44. The van der Waals surface area contributed by atoms with Crippen LogP contribution >= 0.6 is 0 Å². The van der Waals surface area contributed by atoms with Crippen LogP contribution in [0.25, 0.3) is 22.5 Å². The molecule has 9 heteroatoms. The van der Waals surface area contributed by atoms with Gasteiger partial charge in [-0.25, -0.2) is 14.5 Å². The van der Waals surface area contributed by atoms with E-state index in [1.807, 2.05) is 113 Å². The first-order valence-corrected chi connectivity index (χ1v) is 18.6. The quantitative estimate of drug-likeness (QED) is 0.0885. The van der Waals surface area contributed by atoms with Crippen LogP contribution < -0.4 is 0 Å². The fourth-order valence-corrected chi connectivity index (χ4v) is 7.38. The van der Waals surface area contributed by atoms with Crippen molar-refractivity contribution >= 4 is 5.97 Å². The molecular formula is C45H44N6O3. The summed E-state index contributed by atoms with van der Waals surface area (Å²) in [6.07, 6.45) is 1.84. The molecule has 2 heterocycles. The van der Waals surface area contributed by atoms with E-state index in [4.69, 9.17) is 9.95 Å². The average molecular weight is 717 g/mol. The van der Waals surface area contributed by atoms with Crippen molar-refractivity contribution in [2.24, 2.45) is 0 Å². The number of hydrogen-bond donors (Lipinski definition) is 1. The molecule has 0 spiro atoms. The van der Waals surface area contributed by atoms with Crippen LogP contribution in [0.4, 0.5) is 0 Å². The third kappa shape index (κ3) is 6.86. The standard InChI is InChI=1S/C45H44N6O3/c1-4-6-26-40-46-41(42(32(3)52)50(40)5-2)44(53)54-31-33-27-29-34(30-28-33)38-24-16-17-25-39(38)43-47-48-49-51(43)45(35-18-10-7-11-19-35,36-20-12-8-13-21-36)37-22-14-9-15-23-37/h7-25,27-30,32,52H,4-6,26,31H2,1-3H3. The lowest BCUT2D eigenvalue weighted by molar-refractivity contribution is 0.0458. The van der Waals surface area contributed by atoms with E-state index in [0.717, 1.165) is 64.0 Å². The van der Waals surface area contributed by atoms with E-state index >= 15 is 0 Å². The minimum atomic E-state index is -0.888. The molecule has 272 valence electrons. The molecule has 0 saturated heterocycles. The Morgan fingerprint density at radius 2 is 1.31 bits per heavy atom. The number of unbranched alkanes of at least 4 members (excludes halogenated alkanes) is 1. The van der Waals surface area contributed by atoms with Gasteiger partial charge in [0.05, 0.1) is 11.8 Å². The van der Waals surface area contributed by atoms with Gasteiger partial charge < -0.3 is 14.4 Å².